The van der Waals surface area contributed by atoms with Crippen molar-refractivity contribution in [2.45, 2.75) is 20.8 Å². The van der Waals surface area contributed by atoms with E-state index in [9.17, 15) is 4.79 Å². The van der Waals surface area contributed by atoms with E-state index in [1.165, 1.54) is 12.4 Å². The number of amides is 1. The molecule has 0 saturated carbocycles. The number of nitrogen functional groups attached to an aromatic ring is 1. The molecular formula is C29H26FN7O2. The number of anilines is 2. The van der Waals surface area contributed by atoms with Crippen molar-refractivity contribution in [2.24, 2.45) is 7.05 Å². The van der Waals surface area contributed by atoms with E-state index < -0.39 is 5.82 Å². The maximum absolute atomic E-state index is 15.4. The average Bonchev–Trinajstić information content (AvgIpc) is 3.18. The van der Waals surface area contributed by atoms with Gasteiger partial charge in [0, 0.05) is 41.2 Å². The molecule has 0 aliphatic heterocycles. The van der Waals surface area contributed by atoms with Gasteiger partial charge in [-0.3, -0.25) is 4.79 Å². The Kier molecular flexibility index (Phi) is 6.53. The highest BCUT2D eigenvalue weighted by Gasteiger charge is 2.24. The van der Waals surface area contributed by atoms with Gasteiger partial charge in [-0.1, -0.05) is 18.7 Å². The molecule has 1 aromatic carbocycles. The number of nitrogens with one attached hydrogen (secondary N) is 1. The van der Waals surface area contributed by atoms with E-state index in [2.05, 4.69) is 31.8 Å². The second kappa shape index (κ2) is 9.97. The molecule has 3 N–H and O–H groups in total. The predicted molar refractivity (Wildman–Crippen MR) is 149 cm³/mol. The quantitative estimate of drug-likeness (QED) is 0.272. The summed E-state index contributed by atoms with van der Waals surface area (Å²) in [6.45, 7) is 8.94. The number of ether oxygens (including phenoxy) is 1. The molecule has 0 spiro atoms. The van der Waals surface area contributed by atoms with Gasteiger partial charge >= 0.3 is 0 Å². The van der Waals surface area contributed by atoms with E-state index in [0.717, 1.165) is 11.3 Å². The molecule has 5 rings (SSSR count). The number of hydrogen-bond donors (Lipinski definition) is 2. The molecule has 0 fully saturated rings. The zero-order valence-corrected chi connectivity index (χ0v) is 21.9. The second-order valence-electron chi connectivity index (χ2n) is 9.17. The molecule has 10 heteroatoms. The van der Waals surface area contributed by atoms with Crippen LogP contribution in [0.3, 0.4) is 0 Å². The minimum absolute atomic E-state index is 0.0401. The Balaban J connectivity index is 1.65. The number of pyridine rings is 2. The molecule has 0 atom stereocenters. The van der Waals surface area contributed by atoms with Crippen LogP contribution in [0.15, 0.2) is 67.0 Å². The lowest BCUT2D eigenvalue weighted by molar-refractivity contribution is -0.112. The fourth-order valence-corrected chi connectivity index (χ4v) is 4.40. The number of carbonyl (C=O) groups is 1. The first kappa shape index (κ1) is 25.5. The average molecular weight is 524 g/mol. The summed E-state index contributed by atoms with van der Waals surface area (Å²) in [5.41, 5.74) is 11.3. The van der Waals surface area contributed by atoms with E-state index >= 15 is 4.39 Å². The summed E-state index contributed by atoms with van der Waals surface area (Å²) in [6.07, 6.45) is 1.39. The topological polar surface area (TPSA) is 121 Å². The summed E-state index contributed by atoms with van der Waals surface area (Å²) in [7, 11) is 1.85. The smallest absolute Gasteiger partial charge is 0.251 e. The third-order valence-corrected chi connectivity index (χ3v) is 6.26. The Morgan fingerprint density at radius 2 is 1.90 bits per heavy atom. The molecule has 39 heavy (non-hydrogen) atoms. The van der Waals surface area contributed by atoms with Crippen molar-refractivity contribution in [3.63, 3.8) is 0 Å². The van der Waals surface area contributed by atoms with E-state index in [1.807, 2.05) is 37.6 Å². The minimum atomic E-state index is -0.568. The van der Waals surface area contributed by atoms with Crippen LogP contribution in [0.25, 0.3) is 33.4 Å². The molecule has 4 aromatic heterocycles. The number of benzene rings is 1. The molecule has 0 unspecified atom stereocenters. The lowest BCUT2D eigenvalue weighted by Gasteiger charge is -2.13. The molecule has 0 bridgehead atoms. The first-order chi connectivity index (χ1) is 18.6. The molecule has 4 heterocycles. The van der Waals surface area contributed by atoms with Crippen molar-refractivity contribution in [2.75, 3.05) is 11.1 Å². The molecule has 0 radical (unpaired) electrons. The van der Waals surface area contributed by atoms with Crippen LogP contribution in [0.4, 0.5) is 16.0 Å². The highest BCUT2D eigenvalue weighted by Crippen LogP contribution is 2.43. The molecule has 5 aromatic rings. The van der Waals surface area contributed by atoms with Crippen molar-refractivity contribution >= 4 is 28.6 Å². The molecular weight excluding hydrogens is 497 g/mol. The summed E-state index contributed by atoms with van der Waals surface area (Å²) < 4.78 is 23.0. The van der Waals surface area contributed by atoms with Gasteiger partial charge in [0.15, 0.2) is 11.6 Å². The second-order valence-corrected chi connectivity index (χ2v) is 9.17. The highest BCUT2D eigenvalue weighted by molar-refractivity contribution is 6.08. The first-order valence-electron chi connectivity index (χ1n) is 12.1. The molecule has 0 aliphatic carbocycles. The monoisotopic (exact) mass is 523 g/mol. The van der Waals surface area contributed by atoms with Crippen LogP contribution in [-0.4, -0.2) is 30.4 Å². The largest absolute Gasteiger partial charge is 0.436 e. The molecule has 1 amide bonds. The van der Waals surface area contributed by atoms with Crippen LogP contribution < -0.4 is 15.8 Å². The fourth-order valence-electron chi connectivity index (χ4n) is 4.40. The number of rotatable bonds is 6. The van der Waals surface area contributed by atoms with Crippen molar-refractivity contribution in [1.29, 1.82) is 0 Å². The van der Waals surface area contributed by atoms with E-state index in [-0.39, 0.29) is 17.5 Å². The van der Waals surface area contributed by atoms with Gasteiger partial charge < -0.3 is 20.4 Å². The summed E-state index contributed by atoms with van der Waals surface area (Å²) >= 11 is 0. The van der Waals surface area contributed by atoms with Crippen LogP contribution in [0.1, 0.15) is 18.3 Å². The van der Waals surface area contributed by atoms with Crippen LogP contribution in [-0.2, 0) is 11.8 Å². The Hall–Kier alpha value is -5.12. The lowest BCUT2D eigenvalue weighted by Crippen LogP contribution is -2.13. The van der Waals surface area contributed by atoms with Crippen molar-refractivity contribution < 1.29 is 13.9 Å². The van der Waals surface area contributed by atoms with E-state index in [4.69, 9.17) is 10.5 Å². The van der Waals surface area contributed by atoms with Gasteiger partial charge in [-0.05, 0) is 56.7 Å². The van der Waals surface area contributed by atoms with Crippen LogP contribution >= 0.6 is 0 Å². The number of nitrogens with zero attached hydrogens (tertiary/aromatic N) is 5. The van der Waals surface area contributed by atoms with Gasteiger partial charge in [-0.15, -0.1) is 0 Å². The summed E-state index contributed by atoms with van der Waals surface area (Å²) in [4.78, 5) is 29.6. The summed E-state index contributed by atoms with van der Waals surface area (Å²) in [6, 6.07) is 13.5. The number of hydrogen-bond acceptors (Lipinski definition) is 7. The van der Waals surface area contributed by atoms with Gasteiger partial charge in [-0.2, -0.15) is 0 Å². The van der Waals surface area contributed by atoms with E-state index in [1.54, 1.807) is 37.3 Å². The van der Waals surface area contributed by atoms with Gasteiger partial charge in [0.2, 0.25) is 5.88 Å². The Labute approximate surface area is 224 Å². The molecule has 0 aliphatic rings. The highest BCUT2D eigenvalue weighted by atomic mass is 19.1. The first-order valence-corrected chi connectivity index (χ1v) is 12.1. The minimum Gasteiger partial charge on any atom is -0.436 e. The van der Waals surface area contributed by atoms with Gasteiger partial charge in [0.1, 0.15) is 23.6 Å². The summed E-state index contributed by atoms with van der Waals surface area (Å²) in [5.74, 6) is 0.103. The number of aryl methyl sites for hydroxylation is 3. The Bertz CT molecular complexity index is 1780. The Morgan fingerprint density at radius 3 is 2.59 bits per heavy atom. The van der Waals surface area contributed by atoms with Crippen molar-refractivity contribution in [3.8, 4) is 34.0 Å². The third-order valence-electron chi connectivity index (χ3n) is 6.26. The zero-order valence-electron chi connectivity index (χ0n) is 21.9. The predicted octanol–water partition coefficient (Wildman–Crippen LogP) is 5.74. The number of nitrogens with two attached hydrogens (primary N) is 1. The number of halogens is 1. The maximum Gasteiger partial charge on any atom is 0.251 e. The maximum atomic E-state index is 15.4. The fraction of sp³-hybridized carbons (Fsp3) is 0.138. The van der Waals surface area contributed by atoms with Gasteiger partial charge in [-0.25, -0.2) is 24.3 Å². The number of aromatic nitrogens is 5. The number of fused-ring (bicyclic) bond motifs is 1. The van der Waals surface area contributed by atoms with E-state index in [0.29, 0.717) is 50.8 Å². The molecule has 9 nitrogen and oxygen atoms in total. The van der Waals surface area contributed by atoms with Gasteiger partial charge in [0.25, 0.3) is 5.91 Å². The van der Waals surface area contributed by atoms with Crippen molar-refractivity contribution in [1.82, 2.24) is 24.5 Å². The van der Waals surface area contributed by atoms with Crippen LogP contribution in [0, 0.1) is 19.7 Å². The normalized spacial score (nSPS) is 11.0. The van der Waals surface area contributed by atoms with Crippen LogP contribution in [0.2, 0.25) is 0 Å². The molecule has 0 saturated heterocycles. The Morgan fingerprint density at radius 1 is 1.10 bits per heavy atom. The van der Waals surface area contributed by atoms with Crippen molar-refractivity contribution in [3.05, 3.63) is 84.2 Å². The van der Waals surface area contributed by atoms with Crippen LogP contribution in [0.5, 0.6) is 11.6 Å². The summed E-state index contributed by atoms with van der Waals surface area (Å²) in [5, 5.41) is 3.31. The zero-order chi connectivity index (χ0) is 27.8. The molecule has 196 valence electrons. The standard InChI is InChI=1S/C29H26FN7O2/c1-15(2)29(38)36-22-12-10-19(17(4)35-22)26-24(25-27(31)32-14-33-28(25)37(26)5)18-9-11-21(20(30)13-18)39-23-8-6-7-16(3)34-23/h6-14H,1H2,2-5H3,(H2,31,32,33)(H,35,36,38). The lowest BCUT2D eigenvalue weighted by atomic mass is 9.98. The van der Waals surface area contributed by atoms with Gasteiger partial charge in [0.05, 0.1) is 11.1 Å². The SMILES string of the molecule is C=C(C)C(=O)Nc1ccc(-c2c(-c3ccc(Oc4cccc(C)n4)c(F)c3)c3c(N)ncnc3n2C)c(C)n1. The number of carbonyl (C=O) groups excluding carboxylic acids is 1. The third kappa shape index (κ3) is 4.79.